The summed E-state index contributed by atoms with van der Waals surface area (Å²) >= 11 is 0. The van der Waals surface area contributed by atoms with Crippen molar-refractivity contribution in [1.82, 2.24) is 4.90 Å². The zero-order valence-electron chi connectivity index (χ0n) is 16.7. The number of anilines is 2. The first-order valence-corrected chi connectivity index (χ1v) is 9.67. The molecular formula is C22H25N3O4. The highest BCUT2D eigenvalue weighted by molar-refractivity contribution is 6.39. The lowest BCUT2D eigenvalue weighted by molar-refractivity contribution is -0.143. The second kappa shape index (κ2) is 9.23. The molecule has 7 heteroatoms. The van der Waals surface area contributed by atoms with Crippen LogP contribution >= 0.6 is 0 Å². The van der Waals surface area contributed by atoms with Crippen LogP contribution in [0.2, 0.25) is 0 Å². The molecule has 0 bridgehead atoms. The van der Waals surface area contributed by atoms with Crippen LogP contribution < -0.4 is 10.2 Å². The van der Waals surface area contributed by atoms with E-state index in [9.17, 15) is 14.4 Å². The predicted molar refractivity (Wildman–Crippen MR) is 111 cm³/mol. The van der Waals surface area contributed by atoms with E-state index in [4.69, 9.17) is 4.74 Å². The van der Waals surface area contributed by atoms with Gasteiger partial charge in [-0.25, -0.2) is 4.79 Å². The van der Waals surface area contributed by atoms with E-state index in [0.717, 1.165) is 5.69 Å². The monoisotopic (exact) mass is 395 g/mol. The first-order valence-electron chi connectivity index (χ1n) is 9.67. The highest BCUT2D eigenvalue weighted by Crippen LogP contribution is 2.18. The van der Waals surface area contributed by atoms with Crippen LogP contribution in [0.25, 0.3) is 0 Å². The molecule has 3 rings (SSSR count). The molecule has 29 heavy (non-hydrogen) atoms. The van der Waals surface area contributed by atoms with Crippen LogP contribution in [-0.4, -0.2) is 55.5 Å². The summed E-state index contributed by atoms with van der Waals surface area (Å²) in [5.41, 5.74) is 3.16. The second-order valence-electron chi connectivity index (χ2n) is 6.87. The number of ether oxygens (including phenoxy) is 1. The molecule has 2 aromatic rings. The van der Waals surface area contributed by atoms with Crippen LogP contribution in [0.4, 0.5) is 11.4 Å². The summed E-state index contributed by atoms with van der Waals surface area (Å²) in [6.07, 6.45) is 0. The molecule has 1 N–H and O–H groups in total. The van der Waals surface area contributed by atoms with Crippen molar-refractivity contribution < 1.29 is 19.1 Å². The average molecular weight is 395 g/mol. The molecule has 0 aromatic heterocycles. The summed E-state index contributed by atoms with van der Waals surface area (Å²) in [4.78, 5) is 40.2. The summed E-state index contributed by atoms with van der Waals surface area (Å²) in [5.74, 6) is -1.66. The van der Waals surface area contributed by atoms with E-state index >= 15 is 0 Å². The Hall–Kier alpha value is -3.35. The third kappa shape index (κ3) is 5.13. The number of aryl methyl sites for hydroxylation is 1. The van der Waals surface area contributed by atoms with Crippen LogP contribution in [0.15, 0.2) is 48.5 Å². The highest BCUT2D eigenvalue weighted by atomic mass is 16.5. The number of amides is 2. The third-order valence-corrected chi connectivity index (χ3v) is 4.78. The minimum Gasteiger partial charge on any atom is -0.462 e. The largest absolute Gasteiger partial charge is 0.462 e. The Labute approximate surface area is 170 Å². The summed E-state index contributed by atoms with van der Waals surface area (Å²) in [6.45, 7) is 6.41. The number of hydrogen-bond donors (Lipinski definition) is 1. The zero-order valence-corrected chi connectivity index (χ0v) is 16.7. The fourth-order valence-corrected chi connectivity index (χ4v) is 3.22. The van der Waals surface area contributed by atoms with Gasteiger partial charge in [-0.2, -0.15) is 0 Å². The molecule has 0 atom stereocenters. The zero-order chi connectivity index (χ0) is 20.8. The topological polar surface area (TPSA) is 78.9 Å². The van der Waals surface area contributed by atoms with Gasteiger partial charge in [-0.15, -0.1) is 0 Å². The van der Waals surface area contributed by atoms with Crippen molar-refractivity contribution in [3.63, 3.8) is 0 Å². The van der Waals surface area contributed by atoms with E-state index in [2.05, 4.69) is 22.3 Å². The normalized spacial score (nSPS) is 13.7. The van der Waals surface area contributed by atoms with Gasteiger partial charge in [0, 0.05) is 37.6 Å². The van der Waals surface area contributed by atoms with E-state index in [-0.39, 0.29) is 0 Å². The maximum Gasteiger partial charge on any atom is 0.338 e. The Morgan fingerprint density at radius 2 is 1.69 bits per heavy atom. The van der Waals surface area contributed by atoms with Crippen LogP contribution in [0.5, 0.6) is 0 Å². The maximum atomic E-state index is 12.5. The van der Waals surface area contributed by atoms with Crippen molar-refractivity contribution in [1.29, 1.82) is 0 Å². The molecule has 2 aromatic carbocycles. The predicted octanol–water partition coefficient (Wildman–Crippen LogP) is 2.46. The summed E-state index contributed by atoms with van der Waals surface area (Å²) < 4.78 is 4.92. The number of carbonyl (C=O) groups is 3. The number of nitrogens with zero attached hydrogens (tertiary/aromatic N) is 2. The Bertz CT molecular complexity index is 887. The number of piperazine rings is 1. The van der Waals surface area contributed by atoms with Crippen molar-refractivity contribution in [3.8, 4) is 0 Å². The van der Waals surface area contributed by atoms with Crippen molar-refractivity contribution in [3.05, 3.63) is 59.7 Å². The van der Waals surface area contributed by atoms with Gasteiger partial charge in [0.15, 0.2) is 0 Å². The molecule has 0 aliphatic carbocycles. The number of nitrogens with one attached hydrogen (secondary N) is 1. The van der Waals surface area contributed by atoms with Crippen LogP contribution in [0, 0.1) is 6.92 Å². The number of carbonyl (C=O) groups excluding carboxylic acids is 3. The molecule has 2 amide bonds. The molecule has 7 nitrogen and oxygen atoms in total. The lowest BCUT2D eigenvalue weighted by Crippen LogP contribution is -2.51. The Morgan fingerprint density at radius 1 is 1.00 bits per heavy atom. The maximum absolute atomic E-state index is 12.5. The molecule has 0 spiro atoms. The lowest BCUT2D eigenvalue weighted by Gasteiger charge is -2.35. The van der Waals surface area contributed by atoms with Crippen molar-refractivity contribution in [2.24, 2.45) is 0 Å². The second-order valence-corrected chi connectivity index (χ2v) is 6.87. The van der Waals surface area contributed by atoms with E-state index in [1.165, 1.54) is 5.56 Å². The Balaban J connectivity index is 1.53. The third-order valence-electron chi connectivity index (χ3n) is 4.78. The molecule has 1 aliphatic rings. The fraction of sp³-hybridized carbons (Fsp3) is 0.318. The van der Waals surface area contributed by atoms with Gasteiger partial charge in [-0.05, 0) is 55.8 Å². The standard InChI is InChI=1S/C22H25N3O4/c1-3-29-22(28)17-7-9-18(10-8-17)23-20(26)21(27)25-13-11-24(12-14-25)19-6-4-5-16(2)15-19/h4-10,15H,3,11-14H2,1-2H3,(H,23,26). The van der Waals surface area contributed by atoms with Crippen molar-refractivity contribution >= 4 is 29.2 Å². The van der Waals surface area contributed by atoms with Gasteiger partial charge in [-0.3, -0.25) is 9.59 Å². The van der Waals surface area contributed by atoms with Crippen LogP contribution in [-0.2, 0) is 14.3 Å². The number of rotatable bonds is 4. The molecule has 1 fully saturated rings. The Kier molecular flexibility index (Phi) is 6.49. The molecule has 152 valence electrons. The molecule has 1 saturated heterocycles. The van der Waals surface area contributed by atoms with Gasteiger partial charge >= 0.3 is 17.8 Å². The first-order chi connectivity index (χ1) is 14.0. The van der Waals surface area contributed by atoms with Crippen molar-refractivity contribution in [2.45, 2.75) is 13.8 Å². The summed E-state index contributed by atoms with van der Waals surface area (Å²) in [5, 5.41) is 2.59. The summed E-state index contributed by atoms with van der Waals surface area (Å²) in [7, 11) is 0. The molecular weight excluding hydrogens is 370 g/mol. The van der Waals surface area contributed by atoms with Crippen molar-refractivity contribution in [2.75, 3.05) is 43.0 Å². The van der Waals surface area contributed by atoms with E-state index in [0.29, 0.717) is 44.0 Å². The molecule has 1 aliphatic heterocycles. The van der Waals surface area contributed by atoms with Gasteiger partial charge in [0.25, 0.3) is 0 Å². The van der Waals surface area contributed by atoms with Gasteiger partial charge < -0.3 is 19.9 Å². The quantitative estimate of drug-likeness (QED) is 0.636. The number of hydrogen-bond acceptors (Lipinski definition) is 5. The van der Waals surface area contributed by atoms with Gasteiger partial charge in [0.2, 0.25) is 0 Å². The van der Waals surface area contributed by atoms with E-state index < -0.39 is 17.8 Å². The summed E-state index contributed by atoms with van der Waals surface area (Å²) in [6, 6.07) is 14.5. The molecule has 0 saturated carbocycles. The van der Waals surface area contributed by atoms with E-state index in [1.54, 1.807) is 36.1 Å². The molecule has 0 unspecified atom stereocenters. The highest BCUT2D eigenvalue weighted by Gasteiger charge is 2.26. The smallest absolute Gasteiger partial charge is 0.338 e. The lowest BCUT2D eigenvalue weighted by atomic mass is 10.2. The molecule has 0 radical (unpaired) electrons. The fourth-order valence-electron chi connectivity index (χ4n) is 3.22. The first kappa shape index (κ1) is 20.4. The number of benzene rings is 2. The average Bonchev–Trinajstić information content (AvgIpc) is 2.74. The van der Waals surface area contributed by atoms with Crippen LogP contribution in [0.1, 0.15) is 22.8 Å². The van der Waals surface area contributed by atoms with Gasteiger partial charge in [0.05, 0.1) is 12.2 Å². The minimum absolute atomic E-state index is 0.295. The van der Waals surface area contributed by atoms with E-state index in [1.807, 2.05) is 19.1 Å². The minimum atomic E-state index is -0.683. The van der Waals surface area contributed by atoms with Gasteiger partial charge in [-0.1, -0.05) is 12.1 Å². The molecule has 1 heterocycles. The van der Waals surface area contributed by atoms with Gasteiger partial charge in [0.1, 0.15) is 0 Å². The van der Waals surface area contributed by atoms with Crippen LogP contribution in [0.3, 0.4) is 0 Å². The Morgan fingerprint density at radius 3 is 2.31 bits per heavy atom. The number of esters is 1. The SMILES string of the molecule is CCOC(=O)c1ccc(NC(=O)C(=O)N2CCN(c3cccc(C)c3)CC2)cc1.